The van der Waals surface area contributed by atoms with Gasteiger partial charge >= 0.3 is 6.09 Å². The van der Waals surface area contributed by atoms with Crippen LogP contribution in [0.25, 0.3) is 0 Å². The van der Waals surface area contributed by atoms with Gasteiger partial charge in [-0.05, 0) is 53.0 Å². The average molecular weight is 254 g/mol. The predicted octanol–water partition coefficient (Wildman–Crippen LogP) is 2.48. The highest BCUT2D eigenvalue weighted by atomic mass is 16.6. The Labute approximate surface area is 110 Å². The van der Waals surface area contributed by atoms with Gasteiger partial charge in [0.15, 0.2) is 0 Å². The molecular formula is C14H26N2O2. The molecule has 104 valence electrons. The third kappa shape index (κ3) is 3.61. The van der Waals surface area contributed by atoms with Crippen LogP contribution in [0.5, 0.6) is 0 Å². The number of hydrogen-bond donors (Lipinski definition) is 0. The van der Waals surface area contributed by atoms with E-state index in [4.69, 9.17) is 4.74 Å². The Morgan fingerprint density at radius 3 is 2.50 bits per heavy atom. The van der Waals surface area contributed by atoms with E-state index in [1.54, 1.807) is 4.90 Å². The molecular weight excluding hydrogens is 228 g/mol. The molecule has 18 heavy (non-hydrogen) atoms. The first-order valence-corrected chi connectivity index (χ1v) is 7.07. The third-order valence-corrected chi connectivity index (χ3v) is 3.72. The zero-order chi connectivity index (χ0) is 13.3. The Bertz CT molecular complexity index is 307. The summed E-state index contributed by atoms with van der Waals surface area (Å²) >= 11 is 0. The van der Waals surface area contributed by atoms with Crippen molar-refractivity contribution in [2.75, 3.05) is 20.1 Å². The van der Waals surface area contributed by atoms with Crippen molar-refractivity contribution < 1.29 is 9.53 Å². The van der Waals surface area contributed by atoms with Gasteiger partial charge in [-0.1, -0.05) is 0 Å². The molecule has 4 nitrogen and oxygen atoms in total. The minimum absolute atomic E-state index is 0.190. The summed E-state index contributed by atoms with van der Waals surface area (Å²) in [5.41, 5.74) is -0.407. The summed E-state index contributed by atoms with van der Waals surface area (Å²) in [6.07, 6.45) is 4.77. The van der Waals surface area contributed by atoms with Crippen molar-refractivity contribution in [3.05, 3.63) is 0 Å². The molecule has 1 heterocycles. The molecule has 1 aliphatic carbocycles. The Morgan fingerprint density at radius 1 is 1.28 bits per heavy atom. The van der Waals surface area contributed by atoms with Gasteiger partial charge in [-0.3, -0.25) is 4.90 Å². The van der Waals surface area contributed by atoms with Gasteiger partial charge in [-0.2, -0.15) is 0 Å². The van der Waals surface area contributed by atoms with E-state index in [2.05, 4.69) is 4.90 Å². The number of carbonyl (C=O) groups excluding carboxylic acids is 1. The summed E-state index contributed by atoms with van der Waals surface area (Å²) in [5.74, 6) is 0. The van der Waals surface area contributed by atoms with Crippen LogP contribution in [-0.4, -0.2) is 53.7 Å². The highest BCUT2D eigenvalue weighted by molar-refractivity contribution is 5.68. The van der Waals surface area contributed by atoms with Gasteiger partial charge in [0.05, 0.1) is 0 Å². The second kappa shape index (κ2) is 5.08. The second-order valence-electron chi connectivity index (χ2n) is 6.61. The maximum Gasteiger partial charge on any atom is 0.410 e. The molecule has 0 N–H and O–H groups in total. The lowest BCUT2D eigenvalue weighted by atomic mass is 10.0. The highest BCUT2D eigenvalue weighted by Gasteiger charge is 2.35. The van der Waals surface area contributed by atoms with Crippen LogP contribution in [0, 0.1) is 0 Å². The summed E-state index contributed by atoms with van der Waals surface area (Å²) in [6.45, 7) is 7.95. The number of piperidine rings is 1. The van der Waals surface area contributed by atoms with Gasteiger partial charge in [-0.25, -0.2) is 4.79 Å². The van der Waals surface area contributed by atoms with E-state index in [9.17, 15) is 4.79 Å². The maximum absolute atomic E-state index is 12.0. The molecule has 1 saturated heterocycles. The molecule has 0 aromatic heterocycles. The number of rotatable bonds is 2. The third-order valence-electron chi connectivity index (χ3n) is 3.72. The fourth-order valence-electron chi connectivity index (χ4n) is 2.55. The van der Waals surface area contributed by atoms with Crippen LogP contribution < -0.4 is 0 Å². The van der Waals surface area contributed by atoms with Crippen LogP contribution in [0.4, 0.5) is 4.79 Å². The topological polar surface area (TPSA) is 32.8 Å². The summed E-state index contributed by atoms with van der Waals surface area (Å²) < 4.78 is 5.43. The standard InChI is InChI=1S/C14H26N2O2/c1-14(2,3)18-13(17)15(4)12-6-5-9-16(10-12)11-7-8-11/h11-12H,5-10H2,1-4H3. The quantitative estimate of drug-likeness (QED) is 0.759. The van der Waals surface area contributed by atoms with Crippen molar-refractivity contribution in [1.29, 1.82) is 0 Å². The van der Waals surface area contributed by atoms with E-state index in [1.807, 2.05) is 27.8 Å². The van der Waals surface area contributed by atoms with Gasteiger partial charge in [0.1, 0.15) is 5.60 Å². The van der Waals surface area contributed by atoms with E-state index in [0.717, 1.165) is 19.0 Å². The molecule has 0 aromatic carbocycles. The molecule has 0 radical (unpaired) electrons. The van der Waals surface area contributed by atoms with Gasteiger partial charge in [-0.15, -0.1) is 0 Å². The molecule has 1 atom stereocenters. The summed E-state index contributed by atoms with van der Waals surface area (Å²) in [4.78, 5) is 16.4. The number of likely N-dealkylation sites (tertiary alicyclic amines) is 1. The van der Waals surface area contributed by atoms with E-state index in [1.165, 1.54) is 25.8 Å². The lowest BCUT2D eigenvalue weighted by molar-refractivity contribution is 0.0129. The van der Waals surface area contributed by atoms with Gasteiger partial charge < -0.3 is 9.64 Å². The predicted molar refractivity (Wildman–Crippen MR) is 71.6 cm³/mol. The monoisotopic (exact) mass is 254 g/mol. The molecule has 2 aliphatic rings. The Hall–Kier alpha value is -0.770. The van der Waals surface area contributed by atoms with Crippen LogP contribution in [0.1, 0.15) is 46.5 Å². The summed E-state index contributed by atoms with van der Waals surface area (Å²) in [6, 6.07) is 1.11. The van der Waals surface area contributed by atoms with Crippen LogP contribution in [0.3, 0.4) is 0 Å². The molecule has 4 heteroatoms. The van der Waals surface area contributed by atoms with Crippen molar-refractivity contribution in [3.8, 4) is 0 Å². The Balaban J connectivity index is 1.87. The van der Waals surface area contributed by atoms with E-state index >= 15 is 0 Å². The van der Waals surface area contributed by atoms with Crippen LogP contribution in [0.15, 0.2) is 0 Å². The highest BCUT2D eigenvalue weighted by Crippen LogP contribution is 2.30. The van der Waals surface area contributed by atoms with Crippen molar-refractivity contribution >= 4 is 6.09 Å². The van der Waals surface area contributed by atoms with Crippen molar-refractivity contribution in [3.63, 3.8) is 0 Å². The number of nitrogens with zero attached hydrogens (tertiary/aromatic N) is 2. The zero-order valence-electron chi connectivity index (χ0n) is 12.1. The fourth-order valence-corrected chi connectivity index (χ4v) is 2.55. The molecule has 1 unspecified atom stereocenters. The van der Waals surface area contributed by atoms with Crippen molar-refractivity contribution in [1.82, 2.24) is 9.80 Å². The average Bonchev–Trinajstić information content (AvgIpc) is 3.09. The minimum Gasteiger partial charge on any atom is -0.444 e. The first kappa shape index (κ1) is 13.7. The molecule has 1 saturated carbocycles. The SMILES string of the molecule is CN(C(=O)OC(C)(C)C)C1CCCN(C2CC2)C1. The van der Waals surface area contributed by atoms with E-state index in [-0.39, 0.29) is 6.09 Å². The maximum atomic E-state index is 12.0. The van der Waals surface area contributed by atoms with E-state index in [0.29, 0.717) is 6.04 Å². The largest absolute Gasteiger partial charge is 0.444 e. The van der Waals surface area contributed by atoms with Crippen molar-refractivity contribution in [2.45, 2.75) is 64.1 Å². The number of ether oxygens (including phenoxy) is 1. The van der Waals surface area contributed by atoms with Crippen molar-refractivity contribution in [2.24, 2.45) is 0 Å². The molecule has 1 aliphatic heterocycles. The summed E-state index contributed by atoms with van der Waals surface area (Å²) in [5, 5.41) is 0. The molecule has 0 bridgehead atoms. The van der Waals surface area contributed by atoms with E-state index < -0.39 is 5.60 Å². The number of amides is 1. The second-order valence-corrected chi connectivity index (χ2v) is 6.61. The number of likely N-dealkylation sites (N-methyl/N-ethyl adjacent to an activating group) is 1. The lowest BCUT2D eigenvalue weighted by Crippen LogP contribution is -2.50. The van der Waals surface area contributed by atoms with Crippen LogP contribution in [0.2, 0.25) is 0 Å². The van der Waals surface area contributed by atoms with Gasteiger partial charge in [0.25, 0.3) is 0 Å². The molecule has 1 amide bonds. The van der Waals surface area contributed by atoms with Crippen LogP contribution in [-0.2, 0) is 4.74 Å². The zero-order valence-corrected chi connectivity index (χ0v) is 12.1. The number of hydrogen-bond acceptors (Lipinski definition) is 3. The minimum atomic E-state index is -0.407. The first-order valence-electron chi connectivity index (χ1n) is 7.07. The first-order chi connectivity index (χ1) is 8.37. The summed E-state index contributed by atoms with van der Waals surface area (Å²) in [7, 11) is 1.87. The smallest absolute Gasteiger partial charge is 0.410 e. The molecule has 0 spiro atoms. The number of carbonyl (C=O) groups is 1. The Morgan fingerprint density at radius 2 is 1.94 bits per heavy atom. The molecule has 2 fully saturated rings. The fraction of sp³-hybridized carbons (Fsp3) is 0.929. The molecule has 2 rings (SSSR count). The van der Waals surface area contributed by atoms with Gasteiger partial charge in [0, 0.05) is 25.7 Å². The van der Waals surface area contributed by atoms with Crippen LogP contribution >= 0.6 is 0 Å². The lowest BCUT2D eigenvalue weighted by Gasteiger charge is -2.38. The molecule has 0 aromatic rings. The normalized spacial score (nSPS) is 25.9. The Kier molecular flexibility index (Phi) is 3.85. The van der Waals surface area contributed by atoms with Gasteiger partial charge in [0.2, 0.25) is 0 Å².